The second-order valence-corrected chi connectivity index (χ2v) is 6.14. The molecular formula is C16H22N4O. The average molecular weight is 286 g/mol. The number of morpholine rings is 1. The Morgan fingerprint density at radius 3 is 3.24 bits per heavy atom. The van der Waals surface area contributed by atoms with Gasteiger partial charge in [-0.25, -0.2) is 0 Å². The molecule has 1 aliphatic heterocycles. The molecule has 5 nitrogen and oxygen atoms in total. The molecule has 0 spiro atoms. The number of hydrogen-bond acceptors (Lipinski definition) is 4. The molecule has 112 valence electrons. The summed E-state index contributed by atoms with van der Waals surface area (Å²) in [4.78, 5) is 2.59. The largest absolute Gasteiger partial charge is 0.374 e. The number of H-pyrrole nitrogens is 1. The van der Waals surface area contributed by atoms with Crippen molar-refractivity contribution in [2.45, 2.75) is 31.5 Å². The third-order valence-corrected chi connectivity index (χ3v) is 4.44. The Balaban J connectivity index is 1.28. The topological polar surface area (TPSA) is 53.2 Å². The SMILES string of the molecule is c1cc2cn[nH]c2cc1CNC[C@H]1CN(C2CC2)CCO1. The van der Waals surface area contributed by atoms with E-state index in [1.165, 1.54) is 18.4 Å². The van der Waals surface area contributed by atoms with Crippen LogP contribution in [0, 0.1) is 0 Å². The van der Waals surface area contributed by atoms with Crippen molar-refractivity contribution in [1.29, 1.82) is 0 Å². The molecular weight excluding hydrogens is 264 g/mol. The average Bonchev–Trinajstić information content (AvgIpc) is 3.26. The van der Waals surface area contributed by atoms with Crippen LogP contribution < -0.4 is 5.32 Å². The van der Waals surface area contributed by atoms with Gasteiger partial charge in [0.2, 0.25) is 0 Å². The molecule has 5 heteroatoms. The molecule has 4 rings (SSSR count). The molecule has 1 aliphatic carbocycles. The molecule has 2 aromatic rings. The van der Waals surface area contributed by atoms with Crippen LogP contribution in [-0.4, -0.2) is 53.5 Å². The monoisotopic (exact) mass is 286 g/mol. The number of nitrogens with one attached hydrogen (secondary N) is 2. The molecule has 2 heterocycles. The van der Waals surface area contributed by atoms with Gasteiger partial charge in [-0.05, 0) is 24.5 Å². The zero-order valence-electron chi connectivity index (χ0n) is 12.2. The van der Waals surface area contributed by atoms with Crippen molar-refractivity contribution < 1.29 is 4.74 Å². The van der Waals surface area contributed by atoms with Gasteiger partial charge in [-0.2, -0.15) is 5.10 Å². The van der Waals surface area contributed by atoms with Gasteiger partial charge in [-0.15, -0.1) is 0 Å². The maximum Gasteiger partial charge on any atom is 0.0826 e. The van der Waals surface area contributed by atoms with Gasteiger partial charge in [0.1, 0.15) is 0 Å². The maximum atomic E-state index is 5.86. The summed E-state index contributed by atoms with van der Waals surface area (Å²) >= 11 is 0. The normalized spacial score (nSPS) is 23.7. The van der Waals surface area contributed by atoms with Gasteiger partial charge in [0.15, 0.2) is 0 Å². The highest BCUT2D eigenvalue weighted by atomic mass is 16.5. The first kappa shape index (κ1) is 13.2. The number of fused-ring (bicyclic) bond motifs is 1. The van der Waals surface area contributed by atoms with Crippen molar-refractivity contribution in [1.82, 2.24) is 20.4 Å². The van der Waals surface area contributed by atoms with Gasteiger partial charge in [0.25, 0.3) is 0 Å². The number of nitrogens with zero attached hydrogens (tertiary/aromatic N) is 2. The predicted octanol–water partition coefficient (Wildman–Crippen LogP) is 1.52. The Kier molecular flexibility index (Phi) is 3.63. The number of benzene rings is 1. The summed E-state index contributed by atoms with van der Waals surface area (Å²) in [6, 6.07) is 7.28. The Hall–Kier alpha value is -1.43. The molecule has 2 fully saturated rings. The molecule has 1 saturated heterocycles. The molecule has 0 amide bonds. The molecule has 1 saturated carbocycles. The van der Waals surface area contributed by atoms with Crippen molar-refractivity contribution >= 4 is 10.9 Å². The minimum Gasteiger partial charge on any atom is -0.374 e. The molecule has 0 radical (unpaired) electrons. The van der Waals surface area contributed by atoms with Gasteiger partial charge in [-0.3, -0.25) is 10.00 Å². The van der Waals surface area contributed by atoms with Crippen LogP contribution in [0.1, 0.15) is 18.4 Å². The maximum absolute atomic E-state index is 5.86. The zero-order valence-corrected chi connectivity index (χ0v) is 12.2. The lowest BCUT2D eigenvalue weighted by Crippen LogP contribution is -2.47. The Bertz CT molecular complexity index is 607. The Labute approximate surface area is 124 Å². The van der Waals surface area contributed by atoms with Crippen molar-refractivity contribution in [2.24, 2.45) is 0 Å². The predicted molar refractivity (Wildman–Crippen MR) is 82.1 cm³/mol. The van der Waals surface area contributed by atoms with Crippen LogP contribution in [0.25, 0.3) is 10.9 Å². The van der Waals surface area contributed by atoms with E-state index >= 15 is 0 Å². The van der Waals surface area contributed by atoms with E-state index in [4.69, 9.17) is 4.74 Å². The second-order valence-electron chi connectivity index (χ2n) is 6.14. The number of rotatable bonds is 5. The van der Waals surface area contributed by atoms with Gasteiger partial charge in [-0.1, -0.05) is 12.1 Å². The zero-order chi connectivity index (χ0) is 14.1. The minimum atomic E-state index is 0.329. The van der Waals surface area contributed by atoms with E-state index in [0.717, 1.165) is 49.7 Å². The van der Waals surface area contributed by atoms with E-state index < -0.39 is 0 Å². The van der Waals surface area contributed by atoms with Crippen LogP contribution in [0.15, 0.2) is 24.4 Å². The summed E-state index contributed by atoms with van der Waals surface area (Å²) in [6.07, 6.45) is 4.94. The molecule has 1 aromatic heterocycles. The number of aromatic amines is 1. The van der Waals surface area contributed by atoms with Gasteiger partial charge < -0.3 is 10.1 Å². The molecule has 2 aliphatic rings. The highest BCUT2D eigenvalue weighted by Crippen LogP contribution is 2.28. The number of ether oxygens (including phenoxy) is 1. The number of hydrogen-bond donors (Lipinski definition) is 2. The van der Waals surface area contributed by atoms with E-state index in [2.05, 4.69) is 38.6 Å². The second kappa shape index (κ2) is 5.75. The quantitative estimate of drug-likeness (QED) is 0.875. The molecule has 0 unspecified atom stereocenters. The van der Waals surface area contributed by atoms with Crippen LogP contribution in [-0.2, 0) is 11.3 Å². The van der Waals surface area contributed by atoms with E-state index in [1.807, 2.05) is 6.20 Å². The Morgan fingerprint density at radius 2 is 2.33 bits per heavy atom. The molecule has 2 N–H and O–H groups in total. The summed E-state index contributed by atoms with van der Waals surface area (Å²) in [7, 11) is 0. The van der Waals surface area contributed by atoms with Crippen molar-refractivity contribution in [2.75, 3.05) is 26.2 Å². The van der Waals surface area contributed by atoms with Crippen LogP contribution in [0.5, 0.6) is 0 Å². The summed E-state index contributed by atoms with van der Waals surface area (Å²) in [6.45, 7) is 4.86. The first-order chi connectivity index (χ1) is 10.4. The fourth-order valence-corrected chi connectivity index (χ4v) is 3.11. The summed E-state index contributed by atoms with van der Waals surface area (Å²) in [5.41, 5.74) is 2.38. The summed E-state index contributed by atoms with van der Waals surface area (Å²) in [5.74, 6) is 0. The first-order valence-corrected chi connectivity index (χ1v) is 7.87. The highest BCUT2D eigenvalue weighted by molar-refractivity contribution is 5.78. The van der Waals surface area contributed by atoms with Crippen molar-refractivity contribution in [3.8, 4) is 0 Å². The highest BCUT2D eigenvalue weighted by Gasteiger charge is 2.32. The summed E-state index contributed by atoms with van der Waals surface area (Å²) < 4.78 is 5.86. The molecule has 0 bridgehead atoms. The lowest BCUT2D eigenvalue weighted by atomic mass is 10.1. The van der Waals surface area contributed by atoms with Gasteiger partial charge in [0.05, 0.1) is 24.4 Å². The van der Waals surface area contributed by atoms with Crippen LogP contribution in [0.3, 0.4) is 0 Å². The van der Waals surface area contributed by atoms with Crippen molar-refractivity contribution in [3.05, 3.63) is 30.0 Å². The molecule has 1 atom stereocenters. The Morgan fingerprint density at radius 1 is 1.38 bits per heavy atom. The lowest BCUT2D eigenvalue weighted by Gasteiger charge is -2.33. The lowest BCUT2D eigenvalue weighted by molar-refractivity contribution is -0.0301. The standard InChI is InChI=1S/C16H22N4O/c1-2-13-9-18-19-16(13)7-12(1)8-17-10-15-11-20(5-6-21-15)14-3-4-14/h1-2,7,9,14-15,17H,3-6,8,10-11H2,(H,18,19)/t15-/m0/s1. The smallest absolute Gasteiger partial charge is 0.0826 e. The van der Waals surface area contributed by atoms with Gasteiger partial charge >= 0.3 is 0 Å². The van der Waals surface area contributed by atoms with Crippen LogP contribution >= 0.6 is 0 Å². The summed E-state index contributed by atoms with van der Waals surface area (Å²) in [5, 5.41) is 11.8. The third-order valence-electron chi connectivity index (χ3n) is 4.44. The van der Waals surface area contributed by atoms with Crippen molar-refractivity contribution in [3.63, 3.8) is 0 Å². The van der Waals surface area contributed by atoms with Crippen LogP contribution in [0.4, 0.5) is 0 Å². The fraction of sp³-hybridized carbons (Fsp3) is 0.562. The van der Waals surface area contributed by atoms with E-state index in [1.54, 1.807) is 0 Å². The van der Waals surface area contributed by atoms with Crippen LogP contribution in [0.2, 0.25) is 0 Å². The fourth-order valence-electron chi connectivity index (χ4n) is 3.11. The molecule has 1 aromatic carbocycles. The van der Waals surface area contributed by atoms with Gasteiger partial charge in [0, 0.05) is 37.6 Å². The van der Waals surface area contributed by atoms with E-state index in [0.29, 0.717) is 6.10 Å². The molecule has 21 heavy (non-hydrogen) atoms. The first-order valence-electron chi connectivity index (χ1n) is 7.87. The van der Waals surface area contributed by atoms with E-state index in [9.17, 15) is 0 Å². The minimum absolute atomic E-state index is 0.329. The third kappa shape index (κ3) is 3.10. The number of aromatic nitrogens is 2. The van der Waals surface area contributed by atoms with E-state index in [-0.39, 0.29) is 0 Å².